The first-order valence-corrected chi connectivity index (χ1v) is 6.54. The van der Waals surface area contributed by atoms with Crippen molar-refractivity contribution in [2.75, 3.05) is 0 Å². The molecule has 0 saturated heterocycles. The molecule has 0 aliphatic heterocycles. The van der Waals surface area contributed by atoms with Gasteiger partial charge in [0.15, 0.2) is 0 Å². The molecule has 2 aromatic rings. The molecule has 1 N–H and O–H groups in total. The van der Waals surface area contributed by atoms with Crippen molar-refractivity contribution in [3.05, 3.63) is 40.1 Å². The number of rotatable bonds is 4. The van der Waals surface area contributed by atoms with Gasteiger partial charge in [-0.1, -0.05) is 6.07 Å². The van der Waals surface area contributed by atoms with Crippen molar-refractivity contribution in [1.29, 1.82) is 0 Å². The lowest BCUT2D eigenvalue weighted by Crippen LogP contribution is -2.06. The number of benzene rings is 1. The largest absolute Gasteiger partial charge is 0.508 e. The van der Waals surface area contributed by atoms with Crippen LogP contribution < -0.4 is 4.74 Å². The third-order valence-corrected chi connectivity index (χ3v) is 3.68. The first kappa shape index (κ1) is 13.0. The predicted octanol–water partition coefficient (Wildman–Crippen LogP) is 3.26. The van der Waals surface area contributed by atoms with E-state index in [1.807, 2.05) is 24.6 Å². The maximum Gasteiger partial charge on any atom is 0.131 e. The van der Waals surface area contributed by atoms with Crippen molar-refractivity contribution in [2.24, 2.45) is 0 Å². The molecule has 0 atom stereocenters. The van der Waals surface area contributed by atoms with Gasteiger partial charge in [0.05, 0.1) is 15.9 Å². The Morgan fingerprint density at radius 3 is 2.89 bits per heavy atom. The molecule has 1 aromatic heterocycles. The molecular formula is C13H15BrN2O2. The molecular weight excluding hydrogens is 296 g/mol. The third kappa shape index (κ3) is 2.67. The van der Waals surface area contributed by atoms with Crippen LogP contribution in [0, 0.1) is 6.92 Å². The monoisotopic (exact) mass is 310 g/mol. The lowest BCUT2D eigenvalue weighted by atomic mass is 10.3. The van der Waals surface area contributed by atoms with E-state index in [-0.39, 0.29) is 5.75 Å². The van der Waals surface area contributed by atoms with Crippen LogP contribution in [-0.4, -0.2) is 14.9 Å². The van der Waals surface area contributed by atoms with E-state index in [4.69, 9.17) is 4.74 Å². The highest BCUT2D eigenvalue weighted by atomic mass is 79.9. The van der Waals surface area contributed by atoms with Crippen LogP contribution in [0.25, 0.3) is 0 Å². The molecule has 1 aromatic carbocycles. The van der Waals surface area contributed by atoms with Crippen molar-refractivity contribution in [3.63, 3.8) is 0 Å². The fourth-order valence-electron chi connectivity index (χ4n) is 1.73. The van der Waals surface area contributed by atoms with E-state index in [1.165, 1.54) is 0 Å². The molecule has 0 radical (unpaired) electrons. The number of hydrogen-bond donors (Lipinski definition) is 1. The van der Waals surface area contributed by atoms with E-state index in [0.29, 0.717) is 12.4 Å². The Morgan fingerprint density at radius 2 is 2.22 bits per heavy atom. The zero-order valence-electron chi connectivity index (χ0n) is 10.4. The normalized spacial score (nSPS) is 10.6. The van der Waals surface area contributed by atoms with Crippen molar-refractivity contribution in [3.8, 4) is 11.5 Å². The second-order valence-corrected chi connectivity index (χ2v) is 4.74. The third-order valence-electron chi connectivity index (χ3n) is 2.65. The molecule has 0 fully saturated rings. The zero-order chi connectivity index (χ0) is 13.1. The summed E-state index contributed by atoms with van der Waals surface area (Å²) >= 11 is 3.52. The highest BCUT2D eigenvalue weighted by Crippen LogP contribution is 2.24. The first-order chi connectivity index (χ1) is 8.61. The van der Waals surface area contributed by atoms with Gasteiger partial charge in [0.25, 0.3) is 0 Å². The van der Waals surface area contributed by atoms with Crippen LogP contribution in [0.3, 0.4) is 0 Å². The van der Waals surface area contributed by atoms with E-state index in [1.54, 1.807) is 18.2 Å². The first-order valence-electron chi connectivity index (χ1n) is 5.75. The fourth-order valence-corrected chi connectivity index (χ4v) is 2.13. The number of halogens is 1. The highest BCUT2D eigenvalue weighted by molar-refractivity contribution is 9.10. The smallest absolute Gasteiger partial charge is 0.131 e. The van der Waals surface area contributed by atoms with Crippen molar-refractivity contribution < 1.29 is 9.84 Å². The summed E-state index contributed by atoms with van der Waals surface area (Å²) in [6.07, 6.45) is 0. The molecule has 0 amide bonds. The van der Waals surface area contributed by atoms with Gasteiger partial charge in [-0.15, -0.1) is 0 Å². The van der Waals surface area contributed by atoms with Crippen molar-refractivity contribution in [2.45, 2.75) is 27.0 Å². The van der Waals surface area contributed by atoms with E-state index < -0.39 is 0 Å². The van der Waals surface area contributed by atoms with Crippen LogP contribution in [-0.2, 0) is 13.2 Å². The molecule has 18 heavy (non-hydrogen) atoms. The molecule has 0 aliphatic carbocycles. The number of aromatic nitrogens is 2. The molecule has 5 heteroatoms. The number of phenols is 1. The number of ether oxygens (including phenoxy) is 1. The predicted molar refractivity (Wildman–Crippen MR) is 72.8 cm³/mol. The summed E-state index contributed by atoms with van der Waals surface area (Å²) in [5, 5.41) is 13.8. The molecule has 0 aliphatic rings. The van der Waals surface area contributed by atoms with E-state index in [0.717, 1.165) is 22.4 Å². The standard InChI is InChI=1S/C13H15BrN2O2/c1-3-16-12(13(14)9(2)15-16)8-18-11-6-4-5-10(17)7-11/h4-7,17H,3,8H2,1-2H3. The molecule has 0 spiro atoms. The lowest BCUT2D eigenvalue weighted by molar-refractivity contribution is 0.290. The molecule has 0 unspecified atom stereocenters. The number of aryl methyl sites for hydroxylation is 2. The Hall–Kier alpha value is -1.49. The Balaban J connectivity index is 2.15. The molecule has 2 rings (SSSR count). The molecule has 96 valence electrons. The van der Waals surface area contributed by atoms with Crippen LogP contribution in [0.15, 0.2) is 28.7 Å². The van der Waals surface area contributed by atoms with Gasteiger partial charge in [-0.25, -0.2) is 0 Å². The maximum atomic E-state index is 9.36. The van der Waals surface area contributed by atoms with Crippen LogP contribution in [0.1, 0.15) is 18.3 Å². The average Bonchev–Trinajstić information content (AvgIpc) is 2.63. The second kappa shape index (κ2) is 5.44. The van der Waals surface area contributed by atoms with Crippen LogP contribution in [0.4, 0.5) is 0 Å². The zero-order valence-corrected chi connectivity index (χ0v) is 11.9. The van der Waals surface area contributed by atoms with Gasteiger partial charge in [-0.2, -0.15) is 5.10 Å². The van der Waals surface area contributed by atoms with Crippen LogP contribution in [0.2, 0.25) is 0 Å². The number of phenolic OH excluding ortho intramolecular Hbond substituents is 1. The lowest BCUT2D eigenvalue weighted by Gasteiger charge is -2.08. The van der Waals surface area contributed by atoms with Gasteiger partial charge in [0, 0.05) is 12.6 Å². The van der Waals surface area contributed by atoms with Gasteiger partial charge in [-0.3, -0.25) is 4.68 Å². The molecule has 0 bridgehead atoms. The highest BCUT2D eigenvalue weighted by Gasteiger charge is 2.12. The quantitative estimate of drug-likeness (QED) is 0.943. The van der Waals surface area contributed by atoms with Gasteiger partial charge in [0.1, 0.15) is 18.1 Å². The summed E-state index contributed by atoms with van der Waals surface area (Å²) in [7, 11) is 0. The minimum Gasteiger partial charge on any atom is -0.508 e. The Bertz CT molecular complexity index is 552. The average molecular weight is 311 g/mol. The summed E-state index contributed by atoms with van der Waals surface area (Å²) in [4.78, 5) is 0. The van der Waals surface area contributed by atoms with Crippen molar-refractivity contribution >= 4 is 15.9 Å². The van der Waals surface area contributed by atoms with Crippen LogP contribution >= 0.6 is 15.9 Å². The van der Waals surface area contributed by atoms with E-state index in [2.05, 4.69) is 21.0 Å². The minimum absolute atomic E-state index is 0.201. The number of hydrogen-bond acceptors (Lipinski definition) is 3. The summed E-state index contributed by atoms with van der Waals surface area (Å²) in [5.74, 6) is 0.843. The van der Waals surface area contributed by atoms with E-state index >= 15 is 0 Å². The number of nitrogens with zero attached hydrogens (tertiary/aromatic N) is 2. The van der Waals surface area contributed by atoms with E-state index in [9.17, 15) is 5.11 Å². The minimum atomic E-state index is 0.201. The fraction of sp³-hybridized carbons (Fsp3) is 0.308. The summed E-state index contributed by atoms with van der Waals surface area (Å²) in [5.41, 5.74) is 1.95. The topological polar surface area (TPSA) is 47.3 Å². The second-order valence-electron chi connectivity index (χ2n) is 3.95. The summed E-state index contributed by atoms with van der Waals surface area (Å²) in [6.45, 7) is 5.20. The molecule has 0 saturated carbocycles. The molecule has 1 heterocycles. The Labute approximate surface area is 114 Å². The van der Waals surface area contributed by atoms with Gasteiger partial charge < -0.3 is 9.84 Å². The Kier molecular flexibility index (Phi) is 3.91. The summed E-state index contributed by atoms with van der Waals surface area (Å²) < 4.78 is 8.54. The Morgan fingerprint density at radius 1 is 1.44 bits per heavy atom. The number of aromatic hydroxyl groups is 1. The van der Waals surface area contributed by atoms with Gasteiger partial charge in [-0.05, 0) is 41.9 Å². The van der Waals surface area contributed by atoms with Gasteiger partial charge in [0.2, 0.25) is 0 Å². The van der Waals surface area contributed by atoms with Gasteiger partial charge >= 0.3 is 0 Å². The maximum absolute atomic E-state index is 9.36. The van der Waals surface area contributed by atoms with Crippen molar-refractivity contribution in [1.82, 2.24) is 9.78 Å². The summed E-state index contributed by atoms with van der Waals surface area (Å²) in [6, 6.07) is 6.77. The van der Waals surface area contributed by atoms with Crippen LogP contribution in [0.5, 0.6) is 11.5 Å². The molecule has 4 nitrogen and oxygen atoms in total. The SMILES string of the molecule is CCn1nc(C)c(Br)c1COc1cccc(O)c1.